The van der Waals surface area contributed by atoms with Gasteiger partial charge in [-0.3, -0.25) is 4.79 Å². The van der Waals surface area contributed by atoms with Gasteiger partial charge in [-0.2, -0.15) is 0 Å². The van der Waals surface area contributed by atoms with E-state index < -0.39 is 30.0 Å². The van der Waals surface area contributed by atoms with E-state index in [0.717, 1.165) is 0 Å². The monoisotopic (exact) mass is 347 g/mol. The minimum atomic E-state index is -1.23. The maximum absolute atomic E-state index is 15.2. The predicted octanol–water partition coefficient (Wildman–Crippen LogP) is 2.72. The number of anilines is 1. The van der Waals surface area contributed by atoms with Crippen LogP contribution in [0, 0.1) is 0 Å². The van der Waals surface area contributed by atoms with Gasteiger partial charge in [-0.05, 0) is 33.8 Å². The van der Waals surface area contributed by atoms with E-state index in [0.29, 0.717) is 36.0 Å². The molecule has 0 spiro atoms. The van der Waals surface area contributed by atoms with Gasteiger partial charge in [-0.15, -0.1) is 0 Å². The molecule has 3 aliphatic heterocycles. The van der Waals surface area contributed by atoms with Crippen LogP contribution in [-0.4, -0.2) is 37.4 Å². The Labute approximate surface area is 145 Å². The number of carbonyl (C=O) groups excluding carboxylic acids is 1. The highest BCUT2D eigenvalue weighted by Gasteiger charge is 2.54. The molecule has 1 saturated heterocycles. The van der Waals surface area contributed by atoms with Crippen molar-refractivity contribution in [3.05, 3.63) is 23.4 Å². The van der Waals surface area contributed by atoms with E-state index in [-0.39, 0.29) is 5.57 Å². The molecular weight excluding hydrogens is 328 g/mol. The lowest BCUT2D eigenvalue weighted by molar-refractivity contribution is -0.110. The number of benzene rings is 1. The largest absolute Gasteiger partial charge is 0.526 e. The molecule has 25 heavy (non-hydrogen) atoms. The zero-order valence-corrected chi connectivity index (χ0v) is 14.6. The number of hydrogen-bond acceptors (Lipinski definition) is 5. The summed E-state index contributed by atoms with van der Waals surface area (Å²) in [6, 6.07) is 3.26. The quantitative estimate of drug-likeness (QED) is 0.625. The summed E-state index contributed by atoms with van der Waals surface area (Å²) in [4.78, 5) is 12.4. The zero-order valence-electron chi connectivity index (χ0n) is 14.6. The van der Waals surface area contributed by atoms with Gasteiger partial charge in [0.25, 0.3) is 5.91 Å². The lowest BCUT2D eigenvalue weighted by atomic mass is 9.83. The van der Waals surface area contributed by atoms with Crippen LogP contribution in [0.5, 0.6) is 11.5 Å². The molecule has 132 valence electrons. The summed E-state index contributed by atoms with van der Waals surface area (Å²) in [7, 11) is -1.23. The highest BCUT2D eigenvalue weighted by Crippen LogP contribution is 2.45. The molecule has 3 aliphatic rings. The van der Waals surface area contributed by atoms with Crippen molar-refractivity contribution in [2.75, 3.05) is 18.5 Å². The van der Waals surface area contributed by atoms with E-state index in [9.17, 15) is 4.79 Å². The third-order valence-electron chi connectivity index (χ3n) is 5.13. The smallest absolute Gasteiger partial charge is 0.486 e. The molecule has 0 radical (unpaired) electrons. The second kappa shape index (κ2) is 5.22. The van der Waals surface area contributed by atoms with Crippen LogP contribution in [0.25, 0.3) is 5.57 Å². The third-order valence-corrected chi connectivity index (χ3v) is 5.13. The lowest BCUT2D eigenvalue weighted by Gasteiger charge is -2.32. The van der Waals surface area contributed by atoms with Crippen molar-refractivity contribution >= 4 is 24.3 Å². The molecule has 0 atom stereocenters. The minimum absolute atomic E-state index is 0.0922. The fraction of sp³-hybridized carbons (Fsp3) is 0.471. The van der Waals surface area contributed by atoms with Crippen LogP contribution in [0.1, 0.15) is 33.3 Å². The van der Waals surface area contributed by atoms with Crippen molar-refractivity contribution < 1.29 is 28.0 Å². The first-order valence-corrected chi connectivity index (χ1v) is 8.20. The summed E-state index contributed by atoms with van der Waals surface area (Å²) in [6.07, 6.45) is 0. The Morgan fingerprint density at radius 3 is 2.24 bits per heavy atom. The van der Waals surface area contributed by atoms with Crippen molar-refractivity contribution in [2.24, 2.45) is 0 Å². The summed E-state index contributed by atoms with van der Waals surface area (Å²) < 4.78 is 37.6. The van der Waals surface area contributed by atoms with Crippen LogP contribution in [0.2, 0.25) is 0 Å². The molecule has 0 saturated carbocycles. The number of nitrogens with one attached hydrogen (secondary N) is 1. The molecular formula is C17H19BFNO5. The number of fused-ring (bicyclic) bond motifs is 2. The van der Waals surface area contributed by atoms with Gasteiger partial charge < -0.3 is 24.1 Å². The Balaban J connectivity index is 1.77. The summed E-state index contributed by atoms with van der Waals surface area (Å²) in [6.45, 7) is 8.16. The van der Waals surface area contributed by atoms with Crippen LogP contribution in [0.3, 0.4) is 0 Å². The van der Waals surface area contributed by atoms with E-state index in [2.05, 4.69) is 5.32 Å². The van der Waals surface area contributed by atoms with Crippen molar-refractivity contribution in [1.82, 2.24) is 0 Å². The van der Waals surface area contributed by atoms with Gasteiger partial charge in [-0.25, -0.2) is 4.39 Å². The molecule has 8 heteroatoms. The van der Waals surface area contributed by atoms with E-state index in [1.807, 2.05) is 27.7 Å². The standard InChI is InChI=1S/C17H19BFNO5/c1-16(2)17(3,4)25-18(24-16)14(19)13-9-7-11-12(23-6-5-22-11)8-10(9)20-15(13)21/h7-8H,5-6H2,1-4H3,(H,20,21). The van der Waals surface area contributed by atoms with Gasteiger partial charge in [0, 0.05) is 11.6 Å². The predicted molar refractivity (Wildman–Crippen MR) is 90.2 cm³/mol. The summed E-state index contributed by atoms with van der Waals surface area (Å²) >= 11 is 0. The molecule has 0 bridgehead atoms. The van der Waals surface area contributed by atoms with Gasteiger partial charge in [0.2, 0.25) is 0 Å². The van der Waals surface area contributed by atoms with Crippen molar-refractivity contribution in [3.8, 4) is 11.5 Å². The molecule has 1 fully saturated rings. The normalized spacial score (nSPS) is 24.8. The summed E-state index contributed by atoms with van der Waals surface area (Å²) in [5, 5.41) is 2.66. The number of carbonyl (C=O) groups is 1. The second-order valence-electron chi connectivity index (χ2n) is 7.31. The molecule has 1 aromatic carbocycles. The molecule has 0 aliphatic carbocycles. The Morgan fingerprint density at radius 2 is 1.64 bits per heavy atom. The van der Waals surface area contributed by atoms with Crippen molar-refractivity contribution in [3.63, 3.8) is 0 Å². The molecule has 6 nitrogen and oxygen atoms in total. The SMILES string of the molecule is CC1(C)OB(C(F)=C2C(=O)Nc3cc4c(cc32)OCCO4)OC1(C)C. The topological polar surface area (TPSA) is 66.0 Å². The third kappa shape index (κ3) is 2.43. The van der Waals surface area contributed by atoms with Gasteiger partial charge in [0.15, 0.2) is 11.5 Å². The number of amides is 1. The maximum Gasteiger partial charge on any atom is 0.526 e. The van der Waals surface area contributed by atoms with Crippen LogP contribution >= 0.6 is 0 Å². The number of halogens is 1. The first kappa shape index (κ1) is 16.4. The van der Waals surface area contributed by atoms with Gasteiger partial charge in [-0.1, -0.05) is 0 Å². The minimum Gasteiger partial charge on any atom is -0.486 e. The Kier molecular flexibility index (Phi) is 3.43. The fourth-order valence-corrected chi connectivity index (χ4v) is 3.01. The van der Waals surface area contributed by atoms with Gasteiger partial charge in [0.1, 0.15) is 18.9 Å². The van der Waals surface area contributed by atoms with E-state index in [1.54, 1.807) is 12.1 Å². The van der Waals surface area contributed by atoms with E-state index >= 15 is 4.39 Å². The lowest BCUT2D eigenvalue weighted by Crippen LogP contribution is -2.41. The van der Waals surface area contributed by atoms with Crippen LogP contribution in [0.4, 0.5) is 10.1 Å². The average Bonchev–Trinajstić information content (AvgIpc) is 2.96. The van der Waals surface area contributed by atoms with Gasteiger partial charge >= 0.3 is 7.12 Å². The van der Waals surface area contributed by atoms with E-state index in [4.69, 9.17) is 18.8 Å². The molecule has 0 aromatic heterocycles. The molecule has 0 unspecified atom stereocenters. The summed E-state index contributed by atoms with van der Waals surface area (Å²) in [5.41, 5.74) is -1.32. The highest BCUT2D eigenvalue weighted by molar-refractivity contribution is 6.58. The first-order chi connectivity index (χ1) is 11.7. The average molecular weight is 347 g/mol. The number of ether oxygens (including phenoxy) is 2. The molecule has 4 rings (SSSR count). The zero-order chi connectivity index (χ0) is 18.0. The summed E-state index contributed by atoms with van der Waals surface area (Å²) in [5.74, 6) is 0.480. The van der Waals surface area contributed by atoms with Crippen molar-refractivity contribution in [1.29, 1.82) is 0 Å². The van der Waals surface area contributed by atoms with Gasteiger partial charge in [0.05, 0.1) is 22.5 Å². The Bertz CT molecular complexity index is 788. The Hall–Kier alpha value is -2.06. The van der Waals surface area contributed by atoms with Crippen LogP contribution in [-0.2, 0) is 14.1 Å². The molecule has 1 amide bonds. The number of rotatable bonds is 1. The highest BCUT2D eigenvalue weighted by atomic mass is 19.1. The molecule has 1 aromatic rings. The second-order valence-corrected chi connectivity index (χ2v) is 7.31. The molecule has 3 heterocycles. The number of hydrogen-bond donors (Lipinski definition) is 1. The maximum atomic E-state index is 15.2. The van der Waals surface area contributed by atoms with E-state index in [1.165, 1.54) is 0 Å². The Morgan fingerprint density at radius 1 is 1.08 bits per heavy atom. The fourth-order valence-electron chi connectivity index (χ4n) is 3.01. The first-order valence-electron chi connectivity index (χ1n) is 8.20. The van der Waals surface area contributed by atoms with Crippen LogP contribution in [0.15, 0.2) is 17.9 Å². The molecule has 1 N–H and O–H groups in total. The van der Waals surface area contributed by atoms with Crippen molar-refractivity contribution in [2.45, 2.75) is 38.9 Å². The van der Waals surface area contributed by atoms with Crippen LogP contribution < -0.4 is 14.8 Å².